The molecular weight excluding hydrogens is 344 g/mol. The second-order valence-electron chi connectivity index (χ2n) is 4.83. The molecule has 7 nitrogen and oxygen atoms in total. The van der Waals surface area contributed by atoms with E-state index in [1.165, 1.54) is 20.3 Å². The molecule has 0 aliphatic carbocycles. The summed E-state index contributed by atoms with van der Waals surface area (Å²) in [6.45, 7) is 0. The summed E-state index contributed by atoms with van der Waals surface area (Å²) in [4.78, 5) is 23.6. The number of anilines is 1. The number of para-hydroxylation sites is 1. The second kappa shape index (κ2) is 8.11. The lowest BCUT2D eigenvalue weighted by molar-refractivity contribution is 0.0697. The van der Waals surface area contributed by atoms with Crippen molar-refractivity contribution in [2.24, 2.45) is 0 Å². The fraction of sp³-hybridized carbons (Fsp3) is 0.118. The molecule has 8 heteroatoms. The smallest absolute Gasteiger partial charge is 0.337 e. The fourth-order valence-corrected chi connectivity index (χ4v) is 2.29. The van der Waals surface area contributed by atoms with Crippen LogP contribution in [0.5, 0.6) is 11.5 Å². The Hall–Kier alpha value is -3.13. The van der Waals surface area contributed by atoms with Gasteiger partial charge in [-0.25, -0.2) is 4.79 Å². The highest BCUT2D eigenvalue weighted by Gasteiger charge is 2.16. The summed E-state index contributed by atoms with van der Waals surface area (Å²) in [7, 11) is 2.94. The van der Waals surface area contributed by atoms with Gasteiger partial charge in [-0.15, -0.1) is 0 Å². The van der Waals surface area contributed by atoms with E-state index < -0.39 is 11.9 Å². The number of methoxy groups -OCH3 is 2. The number of rotatable bonds is 5. The summed E-state index contributed by atoms with van der Waals surface area (Å²) in [6, 6.07) is 11.0. The summed E-state index contributed by atoms with van der Waals surface area (Å²) in [5, 5.41) is 14.3. The summed E-state index contributed by atoms with van der Waals surface area (Å²) in [5.41, 5.74) is 0.585. The number of nitrogens with one attached hydrogen (secondary N) is 2. The van der Waals surface area contributed by atoms with Gasteiger partial charge in [-0.05, 0) is 36.5 Å². The van der Waals surface area contributed by atoms with Gasteiger partial charge in [-0.3, -0.25) is 10.1 Å². The maximum Gasteiger partial charge on any atom is 0.337 e. The van der Waals surface area contributed by atoms with E-state index in [1.54, 1.807) is 36.4 Å². The van der Waals surface area contributed by atoms with E-state index in [2.05, 4.69) is 10.6 Å². The van der Waals surface area contributed by atoms with E-state index in [4.69, 9.17) is 26.8 Å². The Labute approximate surface area is 149 Å². The summed E-state index contributed by atoms with van der Waals surface area (Å²) in [5.74, 6) is -0.728. The van der Waals surface area contributed by atoms with Gasteiger partial charge >= 0.3 is 5.97 Å². The average Bonchev–Trinajstić information content (AvgIpc) is 2.61. The Kier molecular flexibility index (Phi) is 5.91. The Bertz CT molecular complexity index is 822. The van der Waals surface area contributed by atoms with E-state index in [-0.39, 0.29) is 21.9 Å². The zero-order valence-corrected chi connectivity index (χ0v) is 14.3. The molecular formula is C17H16N2O5S. The monoisotopic (exact) mass is 360 g/mol. The zero-order valence-electron chi connectivity index (χ0n) is 13.5. The molecule has 25 heavy (non-hydrogen) atoms. The third-order valence-corrected chi connectivity index (χ3v) is 3.49. The number of carbonyl (C=O) groups is 2. The third kappa shape index (κ3) is 4.45. The summed E-state index contributed by atoms with van der Waals surface area (Å²) < 4.78 is 10.3. The molecule has 0 fully saturated rings. The van der Waals surface area contributed by atoms with Crippen LogP contribution in [0.1, 0.15) is 20.7 Å². The van der Waals surface area contributed by atoms with Crippen LogP contribution < -0.4 is 20.1 Å². The van der Waals surface area contributed by atoms with Crippen LogP contribution in [0.3, 0.4) is 0 Å². The molecule has 0 saturated carbocycles. The van der Waals surface area contributed by atoms with Crippen LogP contribution in [0.25, 0.3) is 0 Å². The number of carboxylic acids is 1. The van der Waals surface area contributed by atoms with Crippen molar-refractivity contribution in [3.05, 3.63) is 53.6 Å². The molecule has 0 bridgehead atoms. The summed E-state index contributed by atoms with van der Waals surface area (Å²) >= 11 is 5.09. The predicted octanol–water partition coefficient (Wildman–Crippen LogP) is 2.53. The highest BCUT2D eigenvalue weighted by molar-refractivity contribution is 7.80. The summed E-state index contributed by atoms with van der Waals surface area (Å²) in [6.07, 6.45) is 0. The zero-order chi connectivity index (χ0) is 18.4. The van der Waals surface area contributed by atoms with Gasteiger partial charge in [-0.2, -0.15) is 0 Å². The topological polar surface area (TPSA) is 96.9 Å². The van der Waals surface area contributed by atoms with Gasteiger partial charge in [0.05, 0.1) is 31.0 Å². The minimum absolute atomic E-state index is 0.0310. The van der Waals surface area contributed by atoms with Crippen LogP contribution in [0.4, 0.5) is 5.69 Å². The molecule has 0 aromatic heterocycles. The average molecular weight is 360 g/mol. The van der Waals surface area contributed by atoms with E-state index in [1.807, 2.05) is 0 Å². The van der Waals surface area contributed by atoms with Gasteiger partial charge in [0, 0.05) is 6.07 Å². The molecule has 1 amide bonds. The van der Waals surface area contributed by atoms with Crippen LogP contribution in [0.15, 0.2) is 42.5 Å². The molecule has 0 radical (unpaired) electrons. The highest BCUT2D eigenvalue weighted by Crippen LogP contribution is 2.24. The van der Waals surface area contributed by atoms with Gasteiger partial charge in [-0.1, -0.05) is 12.1 Å². The molecule has 0 atom stereocenters. The number of hydrogen-bond acceptors (Lipinski definition) is 5. The number of carboxylic acid groups (broad SMARTS) is 1. The van der Waals surface area contributed by atoms with Crippen molar-refractivity contribution in [3.8, 4) is 11.5 Å². The van der Waals surface area contributed by atoms with Crippen LogP contribution in [-0.4, -0.2) is 36.3 Å². The number of thiocarbonyl (C=S) groups is 1. The van der Waals surface area contributed by atoms with Gasteiger partial charge in [0.1, 0.15) is 11.5 Å². The first kappa shape index (κ1) is 18.2. The molecule has 2 aromatic carbocycles. The molecule has 0 heterocycles. The normalized spacial score (nSPS) is 9.84. The molecule has 0 spiro atoms. The first-order valence-corrected chi connectivity index (χ1v) is 7.53. The lowest BCUT2D eigenvalue weighted by Crippen LogP contribution is -2.34. The Morgan fingerprint density at radius 1 is 1.04 bits per heavy atom. The Morgan fingerprint density at radius 3 is 2.40 bits per heavy atom. The standard InChI is InChI=1S/C17H16N2O5S/c1-23-10-7-8-12(14(9-10)24-2)15(20)19-17(25)18-13-6-4-3-5-11(13)16(21)22/h3-9H,1-2H3,(H,21,22)(H2,18,19,20,25). The van der Waals surface area contributed by atoms with E-state index in [0.717, 1.165) is 0 Å². The SMILES string of the molecule is COc1ccc(C(=O)NC(=S)Nc2ccccc2C(=O)O)c(OC)c1. The molecule has 3 N–H and O–H groups in total. The molecule has 2 aromatic rings. The fourth-order valence-electron chi connectivity index (χ4n) is 2.09. The van der Waals surface area contributed by atoms with Crippen LogP contribution in [0, 0.1) is 0 Å². The van der Waals surface area contributed by atoms with Crippen molar-refractivity contribution in [1.29, 1.82) is 0 Å². The van der Waals surface area contributed by atoms with E-state index in [9.17, 15) is 9.59 Å². The molecule has 0 unspecified atom stereocenters. The number of hydrogen-bond donors (Lipinski definition) is 3. The van der Waals surface area contributed by atoms with Crippen molar-refractivity contribution in [1.82, 2.24) is 5.32 Å². The maximum atomic E-state index is 12.4. The maximum absolute atomic E-state index is 12.4. The molecule has 0 aliphatic heterocycles. The largest absolute Gasteiger partial charge is 0.497 e. The minimum atomic E-state index is -1.10. The third-order valence-electron chi connectivity index (χ3n) is 3.29. The van der Waals surface area contributed by atoms with Crippen LogP contribution in [0.2, 0.25) is 0 Å². The highest BCUT2D eigenvalue weighted by atomic mass is 32.1. The van der Waals surface area contributed by atoms with Gasteiger partial charge < -0.3 is 19.9 Å². The van der Waals surface area contributed by atoms with Gasteiger partial charge in [0.15, 0.2) is 5.11 Å². The van der Waals surface area contributed by atoms with Gasteiger partial charge in [0.25, 0.3) is 5.91 Å². The van der Waals surface area contributed by atoms with Crippen molar-refractivity contribution >= 4 is 34.9 Å². The molecule has 2 rings (SSSR count). The van der Waals surface area contributed by atoms with Crippen molar-refractivity contribution in [2.45, 2.75) is 0 Å². The lowest BCUT2D eigenvalue weighted by Gasteiger charge is -2.13. The lowest BCUT2D eigenvalue weighted by atomic mass is 10.1. The Morgan fingerprint density at radius 2 is 1.76 bits per heavy atom. The number of ether oxygens (including phenoxy) is 2. The van der Waals surface area contributed by atoms with E-state index in [0.29, 0.717) is 11.5 Å². The van der Waals surface area contributed by atoms with Crippen molar-refractivity contribution in [2.75, 3.05) is 19.5 Å². The minimum Gasteiger partial charge on any atom is -0.497 e. The molecule has 0 saturated heterocycles. The van der Waals surface area contributed by atoms with Crippen LogP contribution >= 0.6 is 12.2 Å². The van der Waals surface area contributed by atoms with Crippen molar-refractivity contribution < 1.29 is 24.2 Å². The molecule has 130 valence electrons. The second-order valence-corrected chi connectivity index (χ2v) is 5.23. The number of aromatic carboxylic acids is 1. The quantitative estimate of drug-likeness (QED) is 0.705. The number of carbonyl (C=O) groups excluding carboxylic acids is 1. The van der Waals surface area contributed by atoms with Crippen molar-refractivity contribution in [3.63, 3.8) is 0 Å². The first-order valence-electron chi connectivity index (χ1n) is 7.13. The predicted molar refractivity (Wildman–Crippen MR) is 96.6 cm³/mol. The van der Waals surface area contributed by atoms with Gasteiger partial charge in [0.2, 0.25) is 0 Å². The number of benzene rings is 2. The number of amides is 1. The molecule has 0 aliphatic rings. The first-order chi connectivity index (χ1) is 12.0. The Balaban J connectivity index is 2.14. The van der Waals surface area contributed by atoms with Crippen LogP contribution in [-0.2, 0) is 0 Å². The van der Waals surface area contributed by atoms with E-state index >= 15 is 0 Å².